The molecular formula is C57H39B2N5. The topological polar surface area (TPSA) is 45.2 Å². The van der Waals surface area contributed by atoms with Crippen LogP contribution in [0, 0.1) is 0 Å². The summed E-state index contributed by atoms with van der Waals surface area (Å²) in [5, 5.41) is 2.43. The van der Waals surface area contributed by atoms with E-state index in [1.165, 1.54) is 49.7 Å². The van der Waals surface area contributed by atoms with Crippen LogP contribution in [-0.4, -0.2) is 33.5 Å². The molecule has 0 saturated heterocycles. The van der Waals surface area contributed by atoms with Gasteiger partial charge in [0.1, 0.15) is 0 Å². The van der Waals surface area contributed by atoms with Gasteiger partial charge in [-0.05, 0) is 103 Å². The van der Waals surface area contributed by atoms with Gasteiger partial charge in [0.15, 0.2) is 17.5 Å². The molecule has 4 heterocycles. The average molecular weight is 816 g/mol. The van der Waals surface area contributed by atoms with Gasteiger partial charge in [0.05, 0.1) is 0 Å². The first kappa shape index (κ1) is 37.5. The van der Waals surface area contributed by atoms with E-state index in [0.717, 1.165) is 33.4 Å². The van der Waals surface area contributed by atoms with E-state index < -0.39 is 0 Å². The Morgan fingerprint density at radius 3 is 1.61 bits per heavy atom. The summed E-state index contributed by atoms with van der Waals surface area (Å²) in [7, 11) is 0. The summed E-state index contributed by atoms with van der Waals surface area (Å²) in [5.41, 5.74) is 14.6. The van der Waals surface area contributed by atoms with Crippen LogP contribution in [0.4, 0.5) is 5.69 Å². The third-order valence-electron chi connectivity index (χ3n) is 12.6. The zero-order chi connectivity index (χ0) is 42.4. The SMILES string of the molecule is C1=CC(c2cc(-c3ccccc3)cc(-c3ccccc3)c2)=CN2B1N1C=CC(c3nc(-c4ccccc4)nc(-c4cccc(-c5ccccc5)c4)n3)=CB1c1c2ccc2ccccc12. The Balaban J connectivity index is 0.982. The molecule has 12 rings (SSSR count). The Hall–Kier alpha value is -8.28. The highest BCUT2D eigenvalue weighted by Crippen LogP contribution is 2.38. The molecule has 7 heteroatoms. The molecule has 0 atom stereocenters. The lowest BCUT2D eigenvalue weighted by Crippen LogP contribution is -2.64. The van der Waals surface area contributed by atoms with Gasteiger partial charge in [-0.15, -0.1) is 0 Å². The Kier molecular flexibility index (Phi) is 9.30. The fourth-order valence-electron chi connectivity index (χ4n) is 9.41. The molecule has 0 unspecified atom stereocenters. The molecule has 0 amide bonds. The van der Waals surface area contributed by atoms with Gasteiger partial charge in [-0.25, -0.2) is 15.0 Å². The molecule has 3 aliphatic rings. The third kappa shape index (κ3) is 6.84. The van der Waals surface area contributed by atoms with Gasteiger partial charge in [0, 0.05) is 28.6 Å². The Bertz CT molecular complexity index is 3290. The highest BCUT2D eigenvalue weighted by atomic mass is 15.2. The normalized spacial score (nSPS) is 13.9. The van der Waals surface area contributed by atoms with Gasteiger partial charge < -0.3 is 9.53 Å². The minimum atomic E-state index is -0.0881. The van der Waals surface area contributed by atoms with E-state index in [-0.39, 0.29) is 13.8 Å². The van der Waals surface area contributed by atoms with E-state index in [0.29, 0.717) is 17.5 Å². The van der Waals surface area contributed by atoms with Gasteiger partial charge >= 0.3 is 13.8 Å². The van der Waals surface area contributed by atoms with Gasteiger partial charge in [0.2, 0.25) is 0 Å². The molecule has 298 valence electrons. The molecule has 9 aromatic rings. The average Bonchev–Trinajstić information content (AvgIpc) is 3.39. The number of hydrogen-bond acceptors (Lipinski definition) is 5. The number of fused-ring (bicyclic) bond motifs is 8. The number of aromatic nitrogens is 3. The molecule has 0 aliphatic carbocycles. The van der Waals surface area contributed by atoms with Crippen molar-refractivity contribution in [3.63, 3.8) is 0 Å². The predicted octanol–water partition coefficient (Wildman–Crippen LogP) is 12.5. The van der Waals surface area contributed by atoms with E-state index in [1.54, 1.807) is 0 Å². The monoisotopic (exact) mass is 815 g/mol. The maximum absolute atomic E-state index is 5.23. The van der Waals surface area contributed by atoms with Gasteiger partial charge in [-0.3, -0.25) is 0 Å². The lowest BCUT2D eigenvalue weighted by molar-refractivity contribution is 0.879. The predicted molar refractivity (Wildman–Crippen MR) is 267 cm³/mol. The van der Waals surface area contributed by atoms with Crippen molar-refractivity contribution in [3.8, 4) is 56.2 Å². The highest BCUT2D eigenvalue weighted by Gasteiger charge is 2.44. The van der Waals surface area contributed by atoms with Crippen LogP contribution >= 0.6 is 0 Å². The summed E-state index contributed by atoms with van der Waals surface area (Å²) in [6.45, 7) is -0.147. The van der Waals surface area contributed by atoms with Crippen LogP contribution in [0.1, 0.15) is 11.4 Å². The summed E-state index contributed by atoms with van der Waals surface area (Å²) in [4.78, 5) is 17.9. The Morgan fingerprint density at radius 2 is 0.922 bits per heavy atom. The Morgan fingerprint density at radius 1 is 0.391 bits per heavy atom. The quantitative estimate of drug-likeness (QED) is 0.150. The van der Waals surface area contributed by atoms with E-state index in [2.05, 4.69) is 222 Å². The summed E-state index contributed by atoms with van der Waals surface area (Å²) in [6, 6.07) is 70.7. The van der Waals surface area contributed by atoms with Crippen molar-refractivity contribution in [1.29, 1.82) is 0 Å². The number of nitrogens with zero attached hydrogens (tertiary/aromatic N) is 5. The standard InChI is InChI=1S/C57H39B2N5/c1-5-16-40(17-6-1)45-25-15-26-46(34-45)56-60-55(44-23-11-4-12-24-44)61-57(62-56)47-31-33-64-58(38-47)54-52-27-14-13-22-43(52)28-29-53(54)63-39-48(30-32-59(63)64)51-36-49(41-18-7-2-8-19-41)35-50(37-51)42-20-9-3-10-21-42/h1-39H. The molecular weight excluding hydrogens is 776 g/mol. The van der Waals surface area contributed by atoms with Gasteiger partial charge in [-0.2, -0.15) is 0 Å². The summed E-state index contributed by atoms with van der Waals surface area (Å²) in [5.74, 6) is 6.61. The molecule has 0 N–H and O–H groups in total. The number of anilines is 1. The molecule has 8 aromatic carbocycles. The van der Waals surface area contributed by atoms with Gasteiger partial charge in [-0.1, -0.05) is 188 Å². The van der Waals surface area contributed by atoms with Crippen molar-refractivity contribution >= 4 is 46.9 Å². The van der Waals surface area contributed by atoms with Crippen LogP contribution in [0.2, 0.25) is 0 Å². The minimum absolute atomic E-state index is 0.0584. The third-order valence-corrected chi connectivity index (χ3v) is 12.6. The van der Waals surface area contributed by atoms with Crippen molar-refractivity contribution < 1.29 is 0 Å². The van der Waals surface area contributed by atoms with E-state index in [1.807, 2.05) is 24.3 Å². The summed E-state index contributed by atoms with van der Waals surface area (Å²) in [6.07, 6.45) is 9.04. The van der Waals surface area contributed by atoms with Crippen molar-refractivity contribution in [2.45, 2.75) is 0 Å². The first-order chi connectivity index (χ1) is 31.7. The molecule has 64 heavy (non-hydrogen) atoms. The van der Waals surface area contributed by atoms with Crippen molar-refractivity contribution in [2.24, 2.45) is 0 Å². The molecule has 5 nitrogen and oxygen atoms in total. The lowest BCUT2D eigenvalue weighted by atomic mass is 9.42. The van der Waals surface area contributed by atoms with E-state index in [4.69, 9.17) is 15.0 Å². The second-order valence-electron chi connectivity index (χ2n) is 16.5. The lowest BCUT2D eigenvalue weighted by Gasteiger charge is -2.46. The van der Waals surface area contributed by atoms with E-state index >= 15 is 0 Å². The maximum atomic E-state index is 5.23. The number of rotatable bonds is 7. The van der Waals surface area contributed by atoms with Crippen LogP contribution in [0.15, 0.2) is 237 Å². The van der Waals surface area contributed by atoms with Crippen LogP contribution in [0.25, 0.3) is 78.1 Å². The second kappa shape index (κ2) is 15.9. The van der Waals surface area contributed by atoms with Crippen LogP contribution in [0.5, 0.6) is 0 Å². The number of hydrogen-bond donors (Lipinski definition) is 0. The molecule has 0 spiro atoms. The highest BCUT2D eigenvalue weighted by molar-refractivity contribution is 6.92. The fraction of sp³-hybridized carbons (Fsp3) is 0. The molecule has 0 fully saturated rings. The number of allylic oxidation sites excluding steroid dienone is 4. The van der Waals surface area contributed by atoms with Crippen LogP contribution < -0.4 is 10.3 Å². The summed E-state index contributed by atoms with van der Waals surface area (Å²) >= 11 is 0. The second-order valence-corrected chi connectivity index (χ2v) is 16.5. The molecule has 0 radical (unpaired) electrons. The zero-order valence-corrected chi connectivity index (χ0v) is 34.9. The minimum Gasteiger partial charge on any atom is -0.437 e. The number of benzene rings is 8. The maximum Gasteiger partial charge on any atom is 0.395 e. The van der Waals surface area contributed by atoms with Gasteiger partial charge in [0.25, 0.3) is 0 Å². The molecule has 0 bridgehead atoms. The van der Waals surface area contributed by atoms with E-state index in [9.17, 15) is 0 Å². The van der Waals surface area contributed by atoms with Crippen LogP contribution in [0.3, 0.4) is 0 Å². The fourth-order valence-corrected chi connectivity index (χ4v) is 9.41. The van der Waals surface area contributed by atoms with Crippen molar-refractivity contribution in [3.05, 3.63) is 248 Å². The first-order valence-corrected chi connectivity index (χ1v) is 21.8. The molecule has 1 aromatic heterocycles. The Labute approximate surface area is 374 Å². The first-order valence-electron chi connectivity index (χ1n) is 21.8. The largest absolute Gasteiger partial charge is 0.437 e. The van der Waals surface area contributed by atoms with Crippen molar-refractivity contribution in [1.82, 2.24) is 19.7 Å². The van der Waals surface area contributed by atoms with Crippen molar-refractivity contribution in [2.75, 3.05) is 4.81 Å². The smallest absolute Gasteiger partial charge is 0.395 e. The zero-order valence-electron chi connectivity index (χ0n) is 34.9. The van der Waals surface area contributed by atoms with Crippen LogP contribution in [-0.2, 0) is 0 Å². The molecule has 0 saturated carbocycles. The molecule has 3 aliphatic heterocycles. The summed E-state index contributed by atoms with van der Waals surface area (Å²) < 4.78 is 2.46.